The lowest BCUT2D eigenvalue weighted by atomic mass is 10.1. The van der Waals surface area contributed by atoms with Crippen LogP contribution in [0.3, 0.4) is 0 Å². The number of hydrogen-bond acceptors (Lipinski definition) is 3. The molecule has 1 aromatic carbocycles. The molecular weight excluding hydrogens is 197 g/mol. The Morgan fingerprint density at radius 1 is 1.47 bits per heavy atom. The Bertz CT molecular complexity index is 326. The van der Waals surface area contributed by atoms with Gasteiger partial charge < -0.3 is 15.6 Å². The summed E-state index contributed by atoms with van der Waals surface area (Å²) in [6, 6.07) is 3.99. The summed E-state index contributed by atoms with van der Waals surface area (Å²) in [5.74, 6) is 0.0193. The maximum atomic E-state index is 13.0. The number of ether oxygens (including phenoxy) is 1. The van der Waals surface area contributed by atoms with Gasteiger partial charge in [0.05, 0.1) is 6.10 Å². The van der Waals surface area contributed by atoms with Crippen molar-refractivity contribution in [3.63, 3.8) is 0 Å². The standard InChI is InChI=1S/C11H16FNO2/c1-7(14)6-15-11-5-9(12)3-4-10(11)8(2)13/h3-5,7-8,14H,6,13H2,1-2H3/t7?,8-/m1/s1. The summed E-state index contributed by atoms with van der Waals surface area (Å²) in [4.78, 5) is 0. The van der Waals surface area contributed by atoms with Gasteiger partial charge in [-0.05, 0) is 19.9 Å². The van der Waals surface area contributed by atoms with E-state index in [4.69, 9.17) is 15.6 Å². The Kier molecular flexibility index (Phi) is 4.05. The van der Waals surface area contributed by atoms with E-state index in [1.807, 2.05) is 0 Å². The minimum Gasteiger partial charge on any atom is -0.490 e. The largest absolute Gasteiger partial charge is 0.490 e. The lowest BCUT2D eigenvalue weighted by Gasteiger charge is -2.14. The van der Waals surface area contributed by atoms with Crippen LogP contribution in [0, 0.1) is 5.82 Å². The quantitative estimate of drug-likeness (QED) is 0.798. The Morgan fingerprint density at radius 2 is 2.13 bits per heavy atom. The fraction of sp³-hybridized carbons (Fsp3) is 0.455. The molecule has 0 aliphatic carbocycles. The topological polar surface area (TPSA) is 55.5 Å². The molecule has 0 heterocycles. The molecule has 3 N–H and O–H groups in total. The summed E-state index contributed by atoms with van der Waals surface area (Å²) in [5.41, 5.74) is 6.44. The zero-order valence-electron chi connectivity index (χ0n) is 8.90. The molecule has 1 unspecified atom stereocenters. The summed E-state index contributed by atoms with van der Waals surface area (Å²) in [6.07, 6.45) is -0.589. The first kappa shape index (κ1) is 11.9. The van der Waals surface area contributed by atoms with Crippen LogP contribution in [-0.2, 0) is 0 Å². The van der Waals surface area contributed by atoms with Gasteiger partial charge in [0.25, 0.3) is 0 Å². The normalized spacial score (nSPS) is 14.7. The number of hydrogen-bond donors (Lipinski definition) is 2. The van der Waals surface area contributed by atoms with Crippen molar-refractivity contribution in [3.8, 4) is 5.75 Å². The van der Waals surface area contributed by atoms with Crippen molar-refractivity contribution in [3.05, 3.63) is 29.6 Å². The third-order valence-electron chi connectivity index (χ3n) is 1.95. The van der Waals surface area contributed by atoms with Crippen molar-refractivity contribution >= 4 is 0 Å². The Labute approximate surface area is 88.7 Å². The van der Waals surface area contributed by atoms with Crippen molar-refractivity contribution in [2.45, 2.75) is 26.0 Å². The van der Waals surface area contributed by atoms with E-state index in [9.17, 15) is 4.39 Å². The highest BCUT2D eigenvalue weighted by Gasteiger charge is 2.10. The summed E-state index contributed by atoms with van der Waals surface area (Å²) >= 11 is 0. The third kappa shape index (κ3) is 3.49. The van der Waals surface area contributed by atoms with Crippen LogP contribution in [0.4, 0.5) is 4.39 Å². The predicted molar refractivity (Wildman–Crippen MR) is 56.2 cm³/mol. The van der Waals surface area contributed by atoms with Gasteiger partial charge in [0.1, 0.15) is 18.2 Å². The zero-order chi connectivity index (χ0) is 11.4. The van der Waals surface area contributed by atoms with Crippen LogP contribution < -0.4 is 10.5 Å². The van der Waals surface area contributed by atoms with Crippen LogP contribution in [0.15, 0.2) is 18.2 Å². The number of benzene rings is 1. The average molecular weight is 213 g/mol. The van der Waals surface area contributed by atoms with Crippen LogP contribution in [0.1, 0.15) is 25.5 Å². The van der Waals surface area contributed by atoms with Gasteiger partial charge in [-0.2, -0.15) is 0 Å². The molecule has 0 bridgehead atoms. The minimum atomic E-state index is -0.589. The number of halogens is 1. The second-order valence-electron chi connectivity index (χ2n) is 3.63. The number of aliphatic hydroxyl groups excluding tert-OH is 1. The van der Waals surface area contributed by atoms with Gasteiger partial charge in [0.2, 0.25) is 0 Å². The minimum absolute atomic E-state index is 0.128. The van der Waals surface area contributed by atoms with E-state index in [1.165, 1.54) is 12.1 Å². The predicted octanol–water partition coefficient (Wildman–Crippen LogP) is 1.60. The lowest BCUT2D eigenvalue weighted by Crippen LogP contribution is -2.15. The molecule has 0 amide bonds. The summed E-state index contributed by atoms with van der Waals surface area (Å²) < 4.78 is 18.2. The average Bonchev–Trinajstić information content (AvgIpc) is 2.14. The molecule has 1 rings (SSSR count). The van der Waals surface area contributed by atoms with Crippen molar-refractivity contribution < 1.29 is 14.2 Å². The highest BCUT2D eigenvalue weighted by Crippen LogP contribution is 2.24. The second kappa shape index (κ2) is 5.09. The van der Waals surface area contributed by atoms with Gasteiger partial charge in [-0.25, -0.2) is 4.39 Å². The molecule has 0 fully saturated rings. The van der Waals surface area contributed by atoms with Gasteiger partial charge in [-0.3, -0.25) is 0 Å². The summed E-state index contributed by atoms with van der Waals surface area (Å²) in [7, 11) is 0. The van der Waals surface area contributed by atoms with Gasteiger partial charge >= 0.3 is 0 Å². The SMILES string of the molecule is CC(O)COc1cc(F)ccc1[C@@H](C)N. The first-order chi connectivity index (χ1) is 7.00. The summed E-state index contributed by atoms with van der Waals surface area (Å²) in [6.45, 7) is 3.52. The molecule has 3 nitrogen and oxygen atoms in total. The highest BCUT2D eigenvalue weighted by molar-refractivity contribution is 5.36. The first-order valence-electron chi connectivity index (χ1n) is 4.86. The fourth-order valence-corrected chi connectivity index (χ4v) is 1.22. The van der Waals surface area contributed by atoms with Crippen LogP contribution in [0.2, 0.25) is 0 Å². The molecule has 0 saturated carbocycles. The van der Waals surface area contributed by atoms with Crippen molar-refractivity contribution in [1.82, 2.24) is 0 Å². The van der Waals surface area contributed by atoms with Gasteiger partial charge in [0.15, 0.2) is 0 Å². The molecule has 0 aliphatic rings. The van der Waals surface area contributed by atoms with E-state index in [-0.39, 0.29) is 18.5 Å². The molecule has 0 aliphatic heterocycles. The van der Waals surface area contributed by atoms with Crippen LogP contribution in [0.5, 0.6) is 5.75 Å². The Morgan fingerprint density at radius 3 is 2.67 bits per heavy atom. The van der Waals surface area contributed by atoms with Crippen LogP contribution >= 0.6 is 0 Å². The zero-order valence-corrected chi connectivity index (χ0v) is 8.90. The molecule has 0 aromatic heterocycles. The van der Waals surface area contributed by atoms with Crippen molar-refractivity contribution in [1.29, 1.82) is 0 Å². The molecule has 84 valence electrons. The van der Waals surface area contributed by atoms with E-state index >= 15 is 0 Å². The Balaban J connectivity index is 2.87. The molecule has 4 heteroatoms. The smallest absolute Gasteiger partial charge is 0.127 e. The van der Waals surface area contributed by atoms with Gasteiger partial charge in [-0.15, -0.1) is 0 Å². The number of rotatable bonds is 4. The van der Waals surface area contributed by atoms with E-state index in [2.05, 4.69) is 0 Å². The van der Waals surface area contributed by atoms with E-state index in [1.54, 1.807) is 19.9 Å². The maximum absolute atomic E-state index is 13.0. The van der Waals surface area contributed by atoms with E-state index in [0.717, 1.165) is 5.56 Å². The fourth-order valence-electron chi connectivity index (χ4n) is 1.22. The van der Waals surface area contributed by atoms with Crippen LogP contribution in [0.25, 0.3) is 0 Å². The van der Waals surface area contributed by atoms with Crippen LogP contribution in [-0.4, -0.2) is 17.8 Å². The molecule has 2 atom stereocenters. The van der Waals surface area contributed by atoms with Crippen molar-refractivity contribution in [2.24, 2.45) is 5.73 Å². The monoisotopic (exact) mass is 213 g/mol. The summed E-state index contributed by atoms with van der Waals surface area (Å²) in [5, 5.41) is 9.06. The molecular formula is C11H16FNO2. The van der Waals surface area contributed by atoms with Gasteiger partial charge in [-0.1, -0.05) is 6.07 Å². The number of aliphatic hydroxyl groups is 1. The lowest BCUT2D eigenvalue weighted by molar-refractivity contribution is 0.121. The molecule has 15 heavy (non-hydrogen) atoms. The molecule has 0 radical (unpaired) electrons. The highest BCUT2D eigenvalue weighted by atomic mass is 19.1. The molecule has 1 aromatic rings. The molecule has 0 spiro atoms. The first-order valence-corrected chi connectivity index (χ1v) is 4.86. The number of nitrogens with two attached hydrogens (primary N) is 1. The van der Waals surface area contributed by atoms with E-state index in [0.29, 0.717) is 5.75 Å². The van der Waals surface area contributed by atoms with Gasteiger partial charge in [0, 0.05) is 17.7 Å². The molecule has 0 saturated heterocycles. The maximum Gasteiger partial charge on any atom is 0.127 e. The van der Waals surface area contributed by atoms with E-state index < -0.39 is 6.10 Å². The van der Waals surface area contributed by atoms with Crippen molar-refractivity contribution in [2.75, 3.05) is 6.61 Å². The second-order valence-corrected chi connectivity index (χ2v) is 3.63. The third-order valence-corrected chi connectivity index (χ3v) is 1.95. The Hall–Kier alpha value is -1.13.